The number of benzene rings is 2. The Kier molecular flexibility index (Phi) is 2.83. The van der Waals surface area contributed by atoms with Crippen LogP contribution in [0.1, 0.15) is 11.1 Å². The first-order valence-corrected chi connectivity index (χ1v) is 6.62. The van der Waals surface area contributed by atoms with Gasteiger partial charge < -0.3 is 0 Å². The van der Waals surface area contributed by atoms with Gasteiger partial charge in [0.2, 0.25) is 5.69 Å². The van der Waals surface area contributed by atoms with Crippen molar-refractivity contribution < 1.29 is 4.57 Å². The van der Waals surface area contributed by atoms with E-state index in [2.05, 4.69) is 80.2 Å². The number of pyridine rings is 1. The molecule has 0 saturated carbocycles. The molecule has 0 N–H and O–H groups in total. The lowest BCUT2D eigenvalue weighted by Gasteiger charge is -2.08. The number of rotatable bonds is 1. The third-order valence-corrected chi connectivity index (χ3v) is 3.78. The summed E-state index contributed by atoms with van der Waals surface area (Å²) in [4.78, 5) is 0. The van der Waals surface area contributed by atoms with Gasteiger partial charge in [0.05, 0.1) is 0 Å². The average Bonchev–Trinajstić information content (AvgIpc) is 2.43. The van der Waals surface area contributed by atoms with Gasteiger partial charge in [0.25, 0.3) is 0 Å². The highest BCUT2D eigenvalue weighted by atomic mass is 14.9. The van der Waals surface area contributed by atoms with Gasteiger partial charge in [0.15, 0.2) is 6.20 Å². The Morgan fingerprint density at radius 3 is 2.53 bits per heavy atom. The second-order valence-corrected chi connectivity index (χ2v) is 5.16. The van der Waals surface area contributed by atoms with Crippen LogP contribution in [-0.2, 0) is 7.05 Å². The zero-order valence-electron chi connectivity index (χ0n) is 11.6. The number of hydrogen-bond acceptors (Lipinski definition) is 0. The lowest BCUT2D eigenvalue weighted by molar-refractivity contribution is -0.660. The first-order valence-electron chi connectivity index (χ1n) is 6.62. The molecule has 1 nitrogen and oxygen atoms in total. The molecule has 2 aromatic carbocycles. The van der Waals surface area contributed by atoms with Crippen LogP contribution in [-0.4, -0.2) is 0 Å². The predicted octanol–water partition coefficient (Wildman–Crippen LogP) is 3.95. The Morgan fingerprint density at radius 1 is 0.895 bits per heavy atom. The molecule has 3 rings (SSSR count). The molecule has 0 atom stereocenters. The number of aryl methyl sites for hydroxylation is 3. The average molecular weight is 248 g/mol. The van der Waals surface area contributed by atoms with E-state index in [1.54, 1.807) is 0 Å². The summed E-state index contributed by atoms with van der Waals surface area (Å²) in [7, 11) is 2.10. The Bertz CT molecular complexity index is 757. The van der Waals surface area contributed by atoms with E-state index in [4.69, 9.17) is 0 Å². The molecule has 0 amide bonds. The molecule has 1 heteroatoms. The summed E-state index contributed by atoms with van der Waals surface area (Å²) in [5.41, 5.74) is 5.22. The van der Waals surface area contributed by atoms with Crippen LogP contribution in [0.3, 0.4) is 0 Å². The molecule has 0 aliphatic carbocycles. The number of aromatic nitrogens is 1. The van der Waals surface area contributed by atoms with Crippen molar-refractivity contribution in [1.29, 1.82) is 0 Å². The van der Waals surface area contributed by atoms with Crippen molar-refractivity contribution in [3.8, 4) is 11.3 Å². The van der Waals surface area contributed by atoms with Crippen molar-refractivity contribution in [1.82, 2.24) is 0 Å². The number of fused-ring (bicyclic) bond motifs is 1. The molecule has 0 saturated heterocycles. The molecule has 0 aliphatic heterocycles. The standard InChI is InChI=1S/C18H18N/c1-13-10-11-19(3)18(12-13)17-9-8-15-6-4-5-7-16(15)14(17)2/h4-12H,1-3H3/q+1. The third-order valence-electron chi connectivity index (χ3n) is 3.78. The van der Waals surface area contributed by atoms with Gasteiger partial charge in [-0.25, -0.2) is 4.57 Å². The van der Waals surface area contributed by atoms with Crippen LogP contribution in [0.15, 0.2) is 54.7 Å². The molecule has 0 radical (unpaired) electrons. The summed E-state index contributed by atoms with van der Waals surface area (Å²) in [6.07, 6.45) is 2.12. The lowest BCUT2D eigenvalue weighted by Crippen LogP contribution is -2.30. The van der Waals surface area contributed by atoms with Crippen LogP contribution in [0, 0.1) is 13.8 Å². The normalized spacial score (nSPS) is 10.9. The third kappa shape index (κ3) is 2.01. The van der Waals surface area contributed by atoms with E-state index in [0.29, 0.717) is 0 Å². The first kappa shape index (κ1) is 11.9. The van der Waals surface area contributed by atoms with Gasteiger partial charge >= 0.3 is 0 Å². The minimum Gasteiger partial charge on any atom is -0.201 e. The molecule has 94 valence electrons. The smallest absolute Gasteiger partial charge is 0.201 e. The molecular formula is C18H18N+. The maximum Gasteiger partial charge on any atom is 0.212 e. The fourth-order valence-electron chi connectivity index (χ4n) is 2.65. The Labute approximate surface area is 114 Å². The summed E-state index contributed by atoms with van der Waals surface area (Å²) in [6.45, 7) is 4.35. The molecule has 0 spiro atoms. The highest BCUT2D eigenvalue weighted by Crippen LogP contribution is 2.28. The van der Waals surface area contributed by atoms with Crippen LogP contribution < -0.4 is 4.57 Å². The Morgan fingerprint density at radius 2 is 1.68 bits per heavy atom. The highest BCUT2D eigenvalue weighted by Gasteiger charge is 2.13. The van der Waals surface area contributed by atoms with Gasteiger partial charge in [0, 0.05) is 17.7 Å². The number of nitrogens with zero attached hydrogens (tertiary/aromatic N) is 1. The van der Waals surface area contributed by atoms with E-state index < -0.39 is 0 Å². The number of hydrogen-bond donors (Lipinski definition) is 0. The zero-order chi connectivity index (χ0) is 13.4. The van der Waals surface area contributed by atoms with Crippen molar-refractivity contribution in [2.24, 2.45) is 7.05 Å². The van der Waals surface area contributed by atoms with Crippen molar-refractivity contribution in [2.75, 3.05) is 0 Å². The Balaban J connectivity index is 2.31. The van der Waals surface area contributed by atoms with Crippen LogP contribution in [0.25, 0.3) is 22.0 Å². The molecular weight excluding hydrogens is 230 g/mol. The van der Waals surface area contributed by atoms with Gasteiger partial charge in [-0.05, 0) is 41.8 Å². The second-order valence-electron chi connectivity index (χ2n) is 5.16. The molecule has 1 aromatic heterocycles. The summed E-state index contributed by atoms with van der Waals surface area (Å²) < 4.78 is 2.18. The monoisotopic (exact) mass is 248 g/mol. The van der Waals surface area contributed by atoms with E-state index in [0.717, 1.165) is 0 Å². The minimum atomic E-state index is 1.27. The topological polar surface area (TPSA) is 3.88 Å². The molecule has 1 heterocycles. The molecule has 3 aromatic rings. The van der Waals surface area contributed by atoms with Crippen molar-refractivity contribution in [3.63, 3.8) is 0 Å². The van der Waals surface area contributed by atoms with Gasteiger partial charge in [-0.3, -0.25) is 0 Å². The molecule has 0 unspecified atom stereocenters. The van der Waals surface area contributed by atoms with E-state index in [9.17, 15) is 0 Å². The van der Waals surface area contributed by atoms with Crippen molar-refractivity contribution in [2.45, 2.75) is 13.8 Å². The van der Waals surface area contributed by atoms with Gasteiger partial charge in [-0.2, -0.15) is 0 Å². The van der Waals surface area contributed by atoms with Gasteiger partial charge in [0.1, 0.15) is 7.05 Å². The van der Waals surface area contributed by atoms with E-state index in [1.807, 2.05) is 0 Å². The molecule has 0 fully saturated rings. The predicted molar refractivity (Wildman–Crippen MR) is 80.0 cm³/mol. The van der Waals surface area contributed by atoms with Crippen molar-refractivity contribution in [3.05, 3.63) is 65.9 Å². The SMILES string of the molecule is Cc1cc[n+](C)c(-c2ccc3ccccc3c2C)c1. The van der Waals surface area contributed by atoms with Crippen LogP contribution >= 0.6 is 0 Å². The fraction of sp³-hybridized carbons (Fsp3) is 0.167. The summed E-state index contributed by atoms with van der Waals surface area (Å²) in [5.74, 6) is 0. The van der Waals surface area contributed by atoms with E-state index >= 15 is 0 Å². The summed E-state index contributed by atoms with van der Waals surface area (Å²) >= 11 is 0. The maximum absolute atomic E-state index is 2.25. The zero-order valence-corrected chi connectivity index (χ0v) is 11.6. The lowest BCUT2D eigenvalue weighted by atomic mass is 9.97. The Hall–Kier alpha value is -2.15. The second kappa shape index (κ2) is 4.51. The first-order chi connectivity index (χ1) is 9.16. The largest absolute Gasteiger partial charge is 0.212 e. The summed E-state index contributed by atoms with van der Waals surface area (Å²) in [5, 5.41) is 2.64. The van der Waals surface area contributed by atoms with Gasteiger partial charge in [-0.15, -0.1) is 0 Å². The van der Waals surface area contributed by atoms with E-state index in [1.165, 1.54) is 33.2 Å². The highest BCUT2D eigenvalue weighted by molar-refractivity contribution is 5.90. The van der Waals surface area contributed by atoms with Crippen LogP contribution in [0.4, 0.5) is 0 Å². The van der Waals surface area contributed by atoms with Crippen molar-refractivity contribution >= 4 is 10.8 Å². The quantitative estimate of drug-likeness (QED) is 0.574. The molecule has 0 bridgehead atoms. The fourth-order valence-corrected chi connectivity index (χ4v) is 2.65. The van der Waals surface area contributed by atoms with Gasteiger partial charge in [-0.1, -0.05) is 30.3 Å². The minimum absolute atomic E-state index is 1.27. The summed E-state index contributed by atoms with van der Waals surface area (Å²) in [6, 6.07) is 17.4. The molecule has 19 heavy (non-hydrogen) atoms. The van der Waals surface area contributed by atoms with E-state index in [-0.39, 0.29) is 0 Å². The molecule has 0 aliphatic rings. The van der Waals surface area contributed by atoms with Crippen LogP contribution in [0.2, 0.25) is 0 Å². The van der Waals surface area contributed by atoms with Crippen LogP contribution in [0.5, 0.6) is 0 Å². The maximum atomic E-state index is 2.25.